The van der Waals surface area contributed by atoms with Gasteiger partial charge in [0.15, 0.2) is 0 Å². The van der Waals surface area contributed by atoms with Crippen molar-refractivity contribution in [3.63, 3.8) is 0 Å². The monoisotopic (exact) mass is 227 g/mol. The maximum Gasteiger partial charge on any atom is 0.0726 e. The Hall–Kier alpha value is -0.0800. The van der Waals surface area contributed by atoms with Crippen molar-refractivity contribution >= 4 is 0 Å². The minimum Gasteiger partial charge on any atom is -0.377 e. The van der Waals surface area contributed by atoms with Crippen LogP contribution in [0.3, 0.4) is 0 Å². The van der Waals surface area contributed by atoms with Gasteiger partial charge in [-0.25, -0.2) is 0 Å². The van der Waals surface area contributed by atoms with Gasteiger partial charge in [0, 0.05) is 12.6 Å². The molecule has 1 fully saturated rings. The van der Waals surface area contributed by atoms with Crippen LogP contribution in [-0.2, 0) is 4.74 Å². The Morgan fingerprint density at radius 1 is 1.19 bits per heavy atom. The minimum atomic E-state index is 0.472. The summed E-state index contributed by atoms with van der Waals surface area (Å²) in [5.41, 5.74) is 0. The third-order valence-corrected chi connectivity index (χ3v) is 3.52. The molecule has 0 aromatic rings. The summed E-state index contributed by atoms with van der Waals surface area (Å²) in [6.45, 7) is 6.65. The molecule has 0 aliphatic carbocycles. The number of nitrogens with one attached hydrogen (secondary N) is 1. The predicted molar refractivity (Wildman–Crippen MR) is 69.8 cm³/mol. The van der Waals surface area contributed by atoms with E-state index in [2.05, 4.69) is 19.2 Å². The van der Waals surface area contributed by atoms with Crippen molar-refractivity contribution in [3.8, 4) is 0 Å². The van der Waals surface area contributed by atoms with Gasteiger partial charge < -0.3 is 10.1 Å². The van der Waals surface area contributed by atoms with Crippen molar-refractivity contribution < 1.29 is 4.74 Å². The second kappa shape index (κ2) is 9.00. The molecule has 1 aliphatic heterocycles. The van der Waals surface area contributed by atoms with E-state index < -0.39 is 0 Å². The molecule has 2 atom stereocenters. The molecule has 0 aromatic heterocycles. The molecule has 0 radical (unpaired) electrons. The number of hydrogen-bond acceptors (Lipinski definition) is 2. The van der Waals surface area contributed by atoms with Crippen LogP contribution >= 0.6 is 0 Å². The zero-order valence-corrected chi connectivity index (χ0v) is 11.1. The lowest BCUT2D eigenvalue weighted by atomic mass is 10.1. The van der Waals surface area contributed by atoms with E-state index in [-0.39, 0.29) is 0 Å². The molecule has 16 heavy (non-hydrogen) atoms. The Morgan fingerprint density at radius 2 is 1.94 bits per heavy atom. The molecule has 0 amide bonds. The molecule has 0 spiro atoms. The largest absolute Gasteiger partial charge is 0.377 e. The summed E-state index contributed by atoms with van der Waals surface area (Å²) in [7, 11) is 0. The second-order valence-corrected chi connectivity index (χ2v) is 5.06. The van der Waals surface area contributed by atoms with Gasteiger partial charge >= 0.3 is 0 Å². The first-order valence-electron chi connectivity index (χ1n) is 7.19. The Labute approximate surface area is 101 Å². The summed E-state index contributed by atoms with van der Waals surface area (Å²) >= 11 is 0. The van der Waals surface area contributed by atoms with Crippen molar-refractivity contribution in [1.29, 1.82) is 0 Å². The number of ether oxygens (including phenoxy) is 1. The van der Waals surface area contributed by atoms with Gasteiger partial charge in [-0.15, -0.1) is 0 Å². The van der Waals surface area contributed by atoms with Crippen LogP contribution in [0, 0.1) is 0 Å². The average molecular weight is 227 g/mol. The van der Waals surface area contributed by atoms with Gasteiger partial charge in [0.05, 0.1) is 6.10 Å². The fourth-order valence-corrected chi connectivity index (χ4v) is 2.36. The quantitative estimate of drug-likeness (QED) is 0.609. The Morgan fingerprint density at radius 3 is 2.62 bits per heavy atom. The first kappa shape index (κ1) is 14.0. The van der Waals surface area contributed by atoms with Gasteiger partial charge in [-0.1, -0.05) is 39.0 Å². The van der Waals surface area contributed by atoms with E-state index in [0.717, 1.165) is 13.2 Å². The van der Waals surface area contributed by atoms with E-state index in [1.807, 2.05) is 0 Å². The molecule has 1 aliphatic rings. The molecule has 0 bridgehead atoms. The lowest BCUT2D eigenvalue weighted by Gasteiger charge is -2.19. The lowest BCUT2D eigenvalue weighted by Crippen LogP contribution is -2.37. The van der Waals surface area contributed by atoms with Crippen LogP contribution in [0.1, 0.15) is 65.2 Å². The molecule has 2 unspecified atom stereocenters. The summed E-state index contributed by atoms with van der Waals surface area (Å²) in [5, 5.41) is 3.59. The summed E-state index contributed by atoms with van der Waals surface area (Å²) in [6.07, 6.45) is 11.2. The highest BCUT2D eigenvalue weighted by molar-refractivity contribution is 4.76. The van der Waals surface area contributed by atoms with Gasteiger partial charge in [0.25, 0.3) is 0 Å². The van der Waals surface area contributed by atoms with E-state index in [1.165, 1.54) is 51.4 Å². The molecule has 96 valence electrons. The maximum atomic E-state index is 5.66. The average Bonchev–Trinajstić information content (AvgIpc) is 2.81. The summed E-state index contributed by atoms with van der Waals surface area (Å²) in [5.74, 6) is 0. The zero-order chi connectivity index (χ0) is 11.6. The highest BCUT2D eigenvalue weighted by Gasteiger charge is 2.21. The number of hydrogen-bond donors (Lipinski definition) is 1. The van der Waals surface area contributed by atoms with E-state index in [0.29, 0.717) is 12.1 Å². The van der Waals surface area contributed by atoms with E-state index >= 15 is 0 Å². The molecule has 1 heterocycles. The third-order valence-electron chi connectivity index (χ3n) is 3.52. The third kappa shape index (κ3) is 5.86. The number of unbranched alkanes of at least 4 members (excludes halogenated alkanes) is 5. The molecular weight excluding hydrogens is 198 g/mol. The van der Waals surface area contributed by atoms with Crippen molar-refractivity contribution in [1.82, 2.24) is 5.32 Å². The van der Waals surface area contributed by atoms with Crippen LogP contribution in [0.25, 0.3) is 0 Å². The highest BCUT2D eigenvalue weighted by atomic mass is 16.5. The normalized spacial score (nSPS) is 22.5. The molecular formula is C14H29NO. The van der Waals surface area contributed by atoms with Gasteiger partial charge in [0.2, 0.25) is 0 Å². The second-order valence-electron chi connectivity index (χ2n) is 5.06. The molecule has 1 saturated heterocycles. The Bertz CT molecular complexity index is 155. The van der Waals surface area contributed by atoms with Crippen LogP contribution in [0.2, 0.25) is 0 Å². The maximum absolute atomic E-state index is 5.66. The summed E-state index contributed by atoms with van der Waals surface area (Å²) in [4.78, 5) is 0. The first-order valence-corrected chi connectivity index (χ1v) is 7.19. The first-order chi connectivity index (χ1) is 7.84. The minimum absolute atomic E-state index is 0.472. The van der Waals surface area contributed by atoms with Crippen molar-refractivity contribution in [3.05, 3.63) is 0 Å². The zero-order valence-electron chi connectivity index (χ0n) is 11.1. The molecule has 1 N–H and O–H groups in total. The van der Waals surface area contributed by atoms with Crippen molar-refractivity contribution in [2.75, 3.05) is 13.2 Å². The fourth-order valence-electron chi connectivity index (χ4n) is 2.36. The summed E-state index contributed by atoms with van der Waals surface area (Å²) < 4.78 is 5.66. The van der Waals surface area contributed by atoms with Crippen LogP contribution in [0.15, 0.2) is 0 Å². The van der Waals surface area contributed by atoms with Crippen LogP contribution in [0.4, 0.5) is 0 Å². The fraction of sp³-hybridized carbons (Fsp3) is 1.00. The SMILES string of the molecule is CCCCCCCCNC(C)C1CCCO1. The van der Waals surface area contributed by atoms with E-state index in [9.17, 15) is 0 Å². The lowest BCUT2D eigenvalue weighted by molar-refractivity contribution is 0.0836. The molecule has 0 aromatic carbocycles. The van der Waals surface area contributed by atoms with Gasteiger partial charge in [0.1, 0.15) is 0 Å². The van der Waals surface area contributed by atoms with Gasteiger partial charge in [-0.2, -0.15) is 0 Å². The molecule has 2 nitrogen and oxygen atoms in total. The van der Waals surface area contributed by atoms with E-state index in [4.69, 9.17) is 4.74 Å². The standard InChI is InChI=1S/C14H29NO/c1-3-4-5-6-7-8-11-15-13(2)14-10-9-12-16-14/h13-15H,3-12H2,1-2H3. The summed E-state index contributed by atoms with van der Waals surface area (Å²) in [6, 6.07) is 0.540. The van der Waals surface area contributed by atoms with Gasteiger partial charge in [-0.05, 0) is 32.7 Å². The molecule has 1 rings (SSSR count). The topological polar surface area (TPSA) is 21.3 Å². The van der Waals surface area contributed by atoms with Crippen LogP contribution in [0.5, 0.6) is 0 Å². The van der Waals surface area contributed by atoms with Gasteiger partial charge in [-0.3, -0.25) is 0 Å². The van der Waals surface area contributed by atoms with E-state index in [1.54, 1.807) is 0 Å². The van der Waals surface area contributed by atoms with Crippen LogP contribution < -0.4 is 5.32 Å². The molecule has 0 saturated carbocycles. The highest BCUT2D eigenvalue weighted by Crippen LogP contribution is 2.15. The van der Waals surface area contributed by atoms with Crippen LogP contribution in [-0.4, -0.2) is 25.3 Å². The molecule has 2 heteroatoms. The van der Waals surface area contributed by atoms with Crippen molar-refractivity contribution in [2.45, 2.75) is 77.4 Å². The number of rotatable bonds is 9. The van der Waals surface area contributed by atoms with Crippen molar-refractivity contribution in [2.24, 2.45) is 0 Å². The predicted octanol–water partition coefficient (Wildman–Crippen LogP) is 3.50. The Balaban J connectivity index is 1.86. The smallest absolute Gasteiger partial charge is 0.0726 e. The Kier molecular flexibility index (Phi) is 7.87.